The van der Waals surface area contributed by atoms with Crippen LogP contribution in [0.4, 0.5) is 5.69 Å². The van der Waals surface area contributed by atoms with Gasteiger partial charge in [0.05, 0.1) is 11.2 Å². The van der Waals surface area contributed by atoms with Crippen molar-refractivity contribution in [3.63, 3.8) is 0 Å². The molecule has 0 radical (unpaired) electrons. The number of para-hydroxylation sites is 1. The first-order valence-electron chi connectivity index (χ1n) is 6.30. The Balaban J connectivity index is 2.34. The van der Waals surface area contributed by atoms with Crippen LogP contribution in [-0.2, 0) is 0 Å². The molecule has 1 heterocycles. The molecule has 0 saturated carbocycles. The second kappa shape index (κ2) is 5.36. The lowest BCUT2D eigenvalue weighted by Gasteiger charge is -2.22. The number of benzene rings is 1. The lowest BCUT2D eigenvalue weighted by Crippen LogP contribution is -2.28. The van der Waals surface area contributed by atoms with Crippen LogP contribution in [0.3, 0.4) is 0 Å². The number of nitrogens with zero attached hydrogens (tertiary/aromatic N) is 3. The lowest BCUT2D eigenvalue weighted by molar-refractivity contribution is 0.416. The van der Waals surface area contributed by atoms with Gasteiger partial charge in [-0.3, -0.25) is 4.98 Å². The van der Waals surface area contributed by atoms with Gasteiger partial charge in [-0.1, -0.05) is 18.2 Å². The molecule has 2 rings (SSSR count). The van der Waals surface area contributed by atoms with E-state index in [0.717, 1.165) is 24.3 Å². The van der Waals surface area contributed by atoms with E-state index in [1.54, 1.807) is 0 Å². The van der Waals surface area contributed by atoms with E-state index in [0.29, 0.717) is 0 Å². The second-order valence-corrected chi connectivity index (χ2v) is 5.03. The first-order chi connectivity index (χ1) is 8.58. The Morgan fingerprint density at radius 1 is 1.00 bits per heavy atom. The highest BCUT2D eigenvalue weighted by atomic mass is 15.2. The van der Waals surface area contributed by atoms with Crippen molar-refractivity contribution in [2.24, 2.45) is 0 Å². The van der Waals surface area contributed by atoms with E-state index in [1.807, 2.05) is 6.92 Å². The quantitative estimate of drug-likeness (QED) is 0.822. The van der Waals surface area contributed by atoms with Crippen LogP contribution >= 0.6 is 0 Å². The van der Waals surface area contributed by atoms with Crippen molar-refractivity contribution in [1.29, 1.82) is 0 Å². The number of likely N-dealkylation sites (N-methyl/N-ethyl adjacent to an activating group) is 2. The molecule has 0 spiro atoms. The minimum absolute atomic E-state index is 1.00. The predicted octanol–water partition coefficient (Wildman–Crippen LogP) is 2.54. The fourth-order valence-corrected chi connectivity index (χ4v) is 2.01. The van der Waals surface area contributed by atoms with Gasteiger partial charge in [0.25, 0.3) is 0 Å². The molecule has 18 heavy (non-hydrogen) atoms. The van der Waals surface area contributed by atoms with Crippen molar-refractivity contribution in [3.05, 3.63) is 36.0 Å². The third-order valence-electron chi connectivity index (χ3n) is 3.13. The average Bonchev–Trinajstić information content (AvgIpc) is 2.35. The first-order valence-corrected chi connectivity index (χ1v) is 6.30. The summed E-state index contributed by atoms with van der Waals surface area (Å²) in [5, 5.41) is 1.20. The Morgan fingerprint density at radius 2 is 1.78 bits per heavy atom. The van der Waals surface area contributed by atoms with Gasteiger partial charge >= 0.3 is 0 Å². The molecule has 3 heteroatoms. The minimum Gasteiger partial charge on any atom is -0.372 e. The van der Waals surface area contributed by atoms with Crippen LogP contribution in [0.2, 0.25) is 0 Å². The van der Waals surface area contributed by atoms with Crippen molar-refractivity contribution in [2.45, 2.75) is 6.92 Å². The van der Waals surface area contributed by atoms with Gasteiger partial charge in [-0.05, 0) is 33.2 Å². The molecule has 0 aliphatic rings. The van der Waals surface area contributed by atoms with Gasteiger partial charge < -0.3 is 9.80 Å². The molecular formula is C15H21N3. The Bertz CT molecular complexity index is 534. The third kappa shape index (κ3) is 2.79. The van der Waals surface area contributed by atoms with Crippen molar-refractivity contribution >= 4 is 16.6 Å². The Labute approximate surface area is 109 Å². The number of anilines is 1. The first kappa shape index (κ1) is 12.8. The molecule has 1 aromatic carbocycles. The lowest BCUT2D eigenvalue weighted by atomic mass is 10.1. The maximum absolute atomic E-state index is 4.67. The number of aryl methyl sites for hydroxylation is 1. The zero-order valence-electron chi connectivity index (χ0n) is 11.6. The van der Waals surface area contributed by atoms with E-state index in [2.05, 4.69) is 66.3 Å². The average molecular weight is 243 g/mol. The van der Waals surface area contributed by atoms with Crippen molar-refractivity contribution in [2.75, 3.05) is 39.1 Å². The number of rotatable bonds is 4. The van der Waals surface area contributed by atoms with Crippen molar-refractivity contribution < 1.29 is 0 Å². The van der Waals surface area contributed by atoms with Gasteiger partial charge in [0, 0.05) is 31.2 Å². The zero-order valence-corrected chi connectivity index (χ0v) is 11.6. The highest BCUT2D eigenvalue weighted by Crippen LogP contribution is 2.24. The summed E-state index contributed by atoms with van der Waals surface area (Å²) in [6.45, 7) is 4.08. The van der Waals surface area contributed by atoms with Crippen LogP contribution in [0.1, 0.15) is 5.69 Å². The van der Waals surface area contributed by atoms with E-state index < -0.39 is 0 Å². The van der Waals surface area contributed by atoms with Crippen molar-refractivity contribution in [1.82, 2.24) is 9.88 Å². The fraction of sp³-hybridized carbons (Fsp3) is 0.400. The molecule has 0 fully saturated rings. The maximum atomic E-state index is 4.67. The third-order valence-corrected chi connectivity index (χ3v) is 3.13. The number of fused-ring (bicyclic) bond motifs is 1. The maximum Gasteiger partial charge on any atom is 0.0938 e. The van der Waals surface area contributed by atoms with Crippen LogP contribution in [-0.4, -0.2) is 44.1 Å². The summed E-state index contributed by atoms with van der Waals surface area (Å²) < 4.78 is 0. The van der Waals surface area contributed by atoms with Gasteiger partial charge in [-0.15, -0.1) is 0 Å². The largest absolute Gasteiger partial charge is 0.372 e. The summed E-state index contributed by atoms with van der Waals surface area (Å²) in [5.74, 6) is 0. The topological polar surface area (TPSA) is 19.4 Å². The number of hydrogen-bond acceptors (Lipinski definition) is 3. The molecule has 0 aliphatic carbocycles. The molecule has 0 N–H and O–H groups in total. The SMILES string of the molecule is Cc1ccc2cccc(N(C)CCN(C)C)c2n1. The molecule has 96 valence electrons. The Hall–Kier alpha value is -1.61. The van der Waals surface area contributed by atoms with Crippen LogP contribution in [0, 0.1) is 6.92 Å². The van der Waals surface area contributed by atoms with E-state index in [-0.39, 0.29) is 0 Å². The van der Waals surface area contributed by atoms with Gasteiger partial charge in [-0.25, -0.2) is 0 Å². The zero-order chi connectivity index (χ0) is 13.1. The molecule has 0 aliphatic heterocycles. The monoisotopic (exact) mass is 243 g/mol. The summed E-state index contributed by atoms with van der Waals surface area (Å²) in [4.78, 5) is 9.14. The number of aromatic nitrogens is 1. The van der Waals surface area contributed by atoms with Crippen LogP contribution in [0.15, 0.2) is 30.3 Å². The highest BCUT2D eigenvalue weighted by molar-refractivity contribution is 5.90. The summed E-state index contributed by atoms with van der Waals surface area (Å²) in [6, 6.07) is 10.6. The molecule has 2 aromatic rings. The van der Waals surface area contributed by atoms with E-state index in [9.17, 15) is 0 Å². The number of pyridine rings is 1. The standard InChI is InChI=1S/C15H21N3/c1-12-8-9-13-6-5-7-14(15(13)16-12)18(4)11-10-17(2)3/h5-9H,10-11H2,1-4H3. The summed E-state index contributed by atoms with van der Waals surface area (Å²) in [5.41, 5.74) is 3.37. The van der Waals surface area contributed by atoms with E-state index >= 15 is 0 Å². The molecular weight excluding hydrogens is 222 g/mol. The molecule has 1 aromatic heterocycles. The predicted molar refractivity (Wildman–Crippen MR) is 78.3 cm³/mol. The smallest absolute Gasteiger partial charge is 0.0938 e. The van der Waals surface area contributed by atoms with Gasteiger partial charge in [-0.2, -0.15) is 0 Å². The van der Waals surface area contributed by atoms with E-state index in [4.69, 9.17) is 0 Å². The van der Waals surface area contributed by atoms with Gasteiger partial charge in [0.1, 0.15) is 0 Å². The minimum atomic E-state index is 1.00. The summed E-state index contributed by atoms with van der Waals surface area (Å²) in [6.07, 6.45) is 0. The van der Waals surface area contributed by atoms with E-state index in [1.165, 1.54) is 11.1 Å². The van der Waals surface area contributed by atoms with Crippen LogP contribution < -0.4 is 4.90 Å². The molecule has 0 saturated heterocycles. The summed E-state index contributed by atoms with van der Waals surface area (Å²) in [7, 11) is 6.32. The van der Waals surface area contributed by atoms with Crippen LogP contribution in [0.5, 0.6) is 0 Å². The molecule has 0 atom stereocenters. The van der Waals surface area contributed by atoms with Gasteiger partial charge in [0.15, 0.2) is 0 Å². The normalized spacial score (nSPS) is 11.2. The molecule has 0 amide bonds. The number of hydrogen-bond donors (Lipinski definition) is 0. The molecule has 3 nitrogen and oxygen atoms in total. The van der Waals surface area contributed by atoms with Gasteiger partial charge in [0.2, 0.25) is 0 Å². The Morgan fingerprint density at radius 3 is 2.50 bits per heavy atom. The molecule has 0 bridgehead atoms. The second-order valence-electron chi connectivity index (χ2n) is 5.03. The summed E-state index contributed by atoms with van der Waals surface area (Å²) >= 11 is 0. The van der Waals surface area contributed by atoms with Crippen molar-refractivity contribution in [3.8, 4) is 0 Å². The Kier molecular flexibility index (Phi) is 3.82. The van der Waals surface area contributed by atoms with Crippen LogP contribution in [0.25, 0.3) is 10.9 Å². The fourth-order valence-electron chi connectivity index (χ4n) is 2.01. The highest BCUT2D eigenvalue weighted by Gasteiger charge is 2.07. The molecule has 0 unspecified atom stereocenters.